The fourth-order valence-electron chi connectivity index (χ4n) is 2.76. The maximum Gasteiger partial charge on any atom is 0.242 e. The van der Waals surface area contributed by atoms with Crippen molar-refractivity contribution < 1.29 is 14.0 Å². The van der Waals surface area contributed by atoms with Gasteiger partial charge < -0.3 is 20.4 Å². The lowest BCUT2D eigenvalue weighted by molar-refractivity contribution is -0.129. The highest BCUT2D eigenvalue weighted by Gasteiger charge is 2.26. The highest BCUT2D eigenvalue weighted by molar-refractivity contribution is 5.89. The van der Waals surface area contributed by atoms with Crippen LogP contribution in [0.2, 0.25) is 0 Å². The maximum absolute atomic E-state index is 12.4. The molecule has 1 aliphatic rings. The van der Waals surface area contributed by atoms with Gasteiger partial charge in [0.2, 0.25) is 11.8 Å². The van der Waals surface area contributed by atoms with Gasteiger partial charge in [-0.1, -0.05) is 24.3 Å². The Bertz CT molecular complexity index is 712. The first kappa shape index (κ1) is 16.3. The summed E-state index contributed by atoms with van der Waals surface area (Å²) in [4.78, 5) is 24.5. The third-order valence-electron chi connectivity index (χ3n) is 4.17. The summed E-state index contributed by atoms with van der Waals surface area (Å²) in [5.41, 5.74) is 2.39. The topological polar surface area (TPSA) is 83.4 Å². The number of nitrogens with one attached hydrogen (secondary N) is 3. The van der Waals surface area contributed by atoms with E-state index in [0.717, 1.165) is 0 Å². The average Bonchev–Trinajstić information content (AvgIpc) is 3.12. The molecule has 2 aromatic rings. The van der Waals surface area contributed by atoms with Crippen molar-refractivity contribution in [1.29, 1.82) is 0 Å². The van der Waals surface area contributed by atoms with Crippen molar-refractivity contribution in [2.45, 2.75) is 38.5 Å². The lowest BCUT2D eigenvalue weighted by atomic mass is 9.95. The molecule has 0 spiro atoms. The Labute approximate surface area is 140 Å². The number of benzene rings is 1. The van der Waals surface area contributed by atoms with Crippen LogP contribution in [-0.4, -0.2) is 23.9 Å². The van der Waals surface area contributed by atoms with Gasteiger partial charge in [-0.2, -0.15) is 0 Å². The van der Waals surface area contributed by atoms with Gasteiger partial charge >= 0.3 is 0 Å². The van der Waals surface area contributed by atoms with Crippen molar-refractivity contribution in [2.24, 2.45) is 0 Å². The van der Waals surface area contributed by atoms with Crippen LogP contribution in [0.3, 0.4) is 0 Å². The van der Waals surface area contributed by atoms with Crippen molar-refractivity contribution in [2.75, 3.05) is 0 Å². The third-order valence-corrected chi connectivity index (χ3v) is 4.17. The molecule has 3 rings (SSSR count). The quantitative estimate of drug-likeness (QED) is 0.768. The molecule has 2 atom stereocenters. The molecule has 24 heavy (non-hydrogen) atoms. The summed E-state index contributed by atoms with van der Waals surface area (Å²) < 4.78 is 5.16. The molecule has 2 heterocycles. The Balaban J connectivity index is 1.50. The molecule has 6 nitrogen and oxygen atoms in total. The zero-order valence-corrected chi connectivity index (χ0v) is 13.5. The van der Waals surface area contributed by atoms with Crippen LogP contribution in [0.15, 0.2) is 47.1 Å². The van der Waals surface area contributed by atoms with Crippen LogP contribution in [0, 0.1) is 0 Å². The van der Waals surface area contributed by atoms with Crippen molar-refractivity contribution in [3.63, 3.8) is 0 Å². The summed E-state index contributed by atoms with van der Waals surface area (Å²) in [5, 5.41) is 8.72. The first-order chi connectivity index (χ1) is 11.6. The molecule has 0 aliphatic carbocycles. The summed E-state index contributed by atoms with van der Waals surface area (Å²) in [6.45, 7) is 2.64. The molecule has 6 heteroatoms. The highest BCUT2D eigenvalue weighted by atomic mass is 16.3. The number of hydrogen-bond acceptors (Lipinski definition) is 4. The summed E-state index contributed by atoms with van der Waals surface area (Å²) in [5.74, 6) is 0.272. The van der Waals surface area contributed by atoms with Gasteiger partial charge in [-0.15, -0.1) is 0 Å². The van der Waals surface area contributed by atoms with Gasteiger partial charge in [0.1, 0.15) is 11.8 Å². The van der Waals surface area contributed by atoms with Crippen LogP contribution in [-0.2, 0) is 29.1 Å². The molecule has 0 radical (unpaired) electrons. The molecular formula is C18H21N3O3. The predicted octanol–water partition coefficient (Wildman–Crippen LogP) is 1.11. The molecule has 3 N–H and O–H groups in total. The fourth-order valence-corrected chi connectivity index (χ4v) is 2.76. The zero-order chi connectivity index (χ0) is 16.9. The van der Waals surface area contributed by atoms with Crippen molar-refractivity contribution in [3.05, 3.63) is 59.5 Å². The van der Waals surface area contributed by atoms with E-state index in [9.17, 15) is 9.59 Å². The number of amides is 2. The first-order valence-electron chi connectivity index (χ1n) is 8.04. The summed E-state index contributed by atoms with van der Waals surface area (Å²) in [6.07, 6.45) is 2.18. The van der Waals surface area contributed by atoms with Crippen molar-refractivity contribution in [1.82, 2.24) is 16.0 Å². The van der Waals surface area contributed by atoms with E-state index < -0.39 is 6.04 Å². The van der Waals surface area contributed by atoms with E-state index in [1.54, 1.807) is 25.3 Å². The van der Waals surface area contributed by atoms with Crippen LogP contribution in [0.25, 0.3) is 0 Å². The smallest absolute Gasteiger partial charge is 0.242 e. The number of rotatable bonds is 5. The van der Waals surface area contributed by atoms with Gasteiger partial charge in [0.05, 0.1) is 18.8 Å². The second-order valence-electron chi connectivity index (χ2n) is 5.93. The SMILES string of the molecule is C[C@@H](NC(=O)[C@H]1Cc2ccccc2CN1)C(=O)NCc1ccco1. The zero-order valence-electron chi connectivity index (χ0n) is 13.5. The highest BCUT2D eigenvalue weighted by Crippen LogP contribution is 2.16. The molecule has 0 bridgehead atoms. The van der Waals surface area contributed by atoms with E-state index in [-0.39, 0.29) is 17.9 Å². The van der Waals surface area contributed by atoms with Crippen molar-refractivity contribution >= 4 is 11.8 Å². The largest absolute Gasteiger partial charge is 0.467 e. The van der Waals surface area contributed by atoms with E-state index >= 15 is 0 Å². The van der Waals surface area contributed by atoms with E-state index in [4.69, 9.17) is 4.42 Å². The van der Waals surface area contributed by atoms with E-state index in [0.29, 0.717) is 25.3 Å². The van der Waals surface area contributed by atoms with E-state index in [1.807, 2.05) is 18.2 Å². The monoisotopic (exact) mass is 327 g/mol. The van der Waals surface area contributed by atoms with Crippen LogP contribution in [0.4, 0.5) is 0 Å². The maximum atomic E-state index is 12.4. The third kappa shape index (κ3) is 3.83. The Morgan fingerprint density at radius 1 is 1.25 bits per heavy atom. The lowest BCUT2D eigenvalue weighted by Crippen LogP contribution is -2.53. The second-order valence-corrected chi connectivity index (χ2v) is 5.93. The summed E-state index contributed by atoms with van der Waals surface area (Å²) >= 11 is 0. The van der Waals surface area contributed by atoms with Gasteiger partial charge in [-0.05, 0) is 36.6 Å². The van der Waals surface area contributed by atoms with Gasteiger partial charge in [0.25, 0.3) is 0 Å². The van der Waals surface area contributed by atoms with Gasteiger partial charge in [-0.25, -0.2) is 0 Å². The number of hydrogen-bond donors (Lipinski definition) is 3. The van der Waals surface area contributed by atoms with E-state index in [1.165, 1.54) is 11.1 Å². The Morgan fingerprint density at radius 3 is 2.79 bits per heavy atom. The van der Waals surface area contributed by atoms with E-state index in [2.05, 4.69) is 22.0 Å². The molecule has 1 aromatic heterocycles. The molecule has 0 unspecified atom stereocenters. The second kappa shape index (κ2) is 7.31. The Kier molecular flexibility index (Phi) is 4.96. The summed E-state index contributed by atoms with van der Waals surface area (Å²) in [6, 6.07) is 10.7. The Morgan fingerprint density at radius 2 is 2.04 bits per heavy atom. The van der Waals surface area contributed by atoms with Gasteiger partial charge in [-0.3, -0.25) is 9.59 Å². The van der Waals surface area contributed by atoms with Gasteiger partial charge in [0, 0.05) is 6.54 Å². The Hall–Kier alpha value is -2.60. The van der Waals surface area contributed by atoms with Crippen molar-refractivity contribution in [3.8, 4) is 0 Å². The minimum Gasteiger partial charge on any atom is -0.467 e. The average molecular weight is 327 g/mol. The fraction of sp³-hybridized carbons (Fsp3) is 0.333. The minimum absolute atomic E-state index is 0.162. The number of carbonyl (C=O) groups excluding carboxylic acids is 2. The molecule has 1 aliphatic heterocycles. The predicted molar refractivity (Wildman–Crippen MR) is 88.9 cm³/mol. The lowest BCUT2D eigenvalue weighted by Gasteiger charge is -2.26. The van der Waals surface area contributed by atoms with Gasteiger partial charge in [0.15, 0.2) is 0 Å². The number of furan rings is 1. The van der Waals surface area contributed by atoms with Crippen LogP contribution < -0.4 is 16.0 Å². The molecule has 0 fully saturated rings. The summed E-state index contributed by atoms with van der Waals surface area (Å²) in [7, 11) is 0. The molecule has 0 saturated carbocycles. The molecule has 126 valence electrons. The first-order valence-corrected chi connectivity index (χ1v) is 8.04. The molecule has 1 aromatic carbocycles. The standard InChI is InChI=1S/C18H21N3O3/c1-12(17(22)20-11-15-7-4-8-24-15)21-18(23)16-9-13-5-2-3-6-14(13)10-19-16/h2-8,12,16,19H,9-11H2,1H3,(H,20,22)(H,21,23)/t12-,16-/m1/s1. The molecule has 0 saturated heterocycles. The minimum atomic E-state index is -0.605. The number of carbonyl (C=O) groups is 2. The van der Waals surface area contributed by atoms with Crippen LogP contribution >= 0.6 is 0 Å². The molecule has 2 amide bonds. The normalized spacial score (nSPS) is 17.6. The number of fused-ring (bicyclic) bond motifs is 1. The van der Waals surface area contributed by atoms with Crippen LogP contribution in [0.1, 0.15) is 23.8 Å². The van der Waals surface area contributed by atoms with Crippen LogP contribution in [0.5, 0.6) is 0 Å². The molecular weight excluding hydrogens is 306 g/mol.